The van der Waals surface area contributed by atoms with E-state index >= 15 is 0 Å². The van der Waals surface area contributed by atoms with Gasteiger partial charge in [-0.25, -0.2) is 9.18 Å². The average molecular weight is 366 g/mol. The van der Waals surface area contributed by atoms with Crippen molar-refractivity contribution in [3.8, 4) is 12.3 Å². The summed E-state index contributed by atoms with van der Waals surface area (Å²) in [7, 11) is 0. The quantitative estimate of drug-likeness (QED) is 0.720. The second-order valence-corrected chi connectivity index (χ2v) is 7.00. The van der Waals surface area contributed by atoms with Crippen molar-refractivity contribution < 1.29 is 23.7 Å². The molecule has 3 aliphatic rings. The third kappa shape index (κ3) is 2.16. The highest BCUT2D eigenvalue weighted by molar-refractivity contribution is 5.28. The monoisotopic (exact) mass is 366 g/mol. The molecule has 140 valence electrons. The number of terminal acetylenes is 1. The highest BCUT2D eigenvalue weighted by Crippen LogP contribution is 2.58. The molecule has 0 radical (unpaired) electrons. The fraction of sp³-hybridized carbons (Fsp3) is 0.647. The van der Waals surface area contributed by atoms with Gasteiger partial charge in [0, 0.05) is 25.1 Å². The molecule has 1 aromatic rings. The second kappa shape index (κ2) is 5.76. The Kier molecular flexibility index (Phi) is 3.86. The number of alkyl halides is 1. The fourth-order valence-corrected chi connectivity index (χ4v) is 4.19. The van der Waals surface area contributed by atoms with Crippen molar-refractivity contribution in [2.75, 3.05) is 13.3 Å². The van der Waals surface area contributed by atoms with Crippen LogP contribution in [0.15, 0.2) is 21.9 Å². The number of nitrogens with zero attached hydrogens (tertiary/aromatic N) is 1. The number of aliphatic hydroxyl groups is 1. The summed E-state index contributed by atoms with van der Waals surface area (Å²) < 4.78 is 33.0. The van der Waals surface area contributed by atoms with E-state index in [1.165, 1.54) is 6.20 Å². The summed E-state index contributed by atoms with van der Waals surface area (Å²) in [5, 5.41) is 9.87. The highest BCUT2D eigenvalue weighted by Gasteiger charge is 2.74. The van der Waals surface area contributed by atoms with E-state index in [-0.39, 0.29) is 0 Å². The SMILES string of the molecule is C#C[C@@]12OC3(CCCC3)O[C@@H]1[C@](CO)(CF)O[C@H]2n1ccc(=O)[nH]c1=O. The highest BCUT2D eigenvalue weighted by atomic mass is 19.1. The number of hydrogen-bond acceptors (Lipinski definition) is 6. The summed E-state index contributed by atoms with van der Waals surface area (Å²) in [4.78, 5) is 25.8. The molecule has 0 bridgehead atoms. The third-order valence-electron chi connectivity index (χ3n) is 5.46. The van der Waals surface area contributed by atoms with Crippen molar-refractivity contribution in [3.05, 3.63) is 33.1 Å². The van der Waals surface area contributed by atoms with Gasteiger partial charge < -0.3 is 19.3 Å². The van der Waals surface area contributed by atoms with E-state index in [0.717, 1.165) is 23.5 Å². The molecule has 0 amide bonds. The summed E-state index contributed by atoms with van der Waals surface area (Å²) >= 11 is 0. The first-order valence-corrected chi connectivity index (χ1v) is 8.46. The Morgan fingerprint density at radius 3 is 2.69 bits per heavy atom. The fourth-order valence-electron chi connectivity index (χ4n) is 4.19. The minimum atomic E-state index is -1.77. The molecule has 2 saturated heterocycles. The maximum atomic E-state index is 14.0. The molecule has 9 heteroatoms. The molecule has 2 N–H and O–H groups in total. The van der Waals surface area contributed by atoms with Gasteiger partial charge >= 0.3 is 5.69 Å². The van der Waals surface area contributed by atoms with Crippen LogP contribution in [0.3, 0.4) is 0 Å². The van der Waals surface area contributed by atoms with E-state index in [1.54, 1.807) is 0 Å². The number of aromatic nitrogens is 2. The Morgan fingerprint density at radius 1 is 1.38 bits per heavy atom. The summed E-state index contributed by atoms with van der Waals surface area (Å²) in [6.07, 6.45) is 7.49. The van der Waals surface area contributed by atoms with Crippen LogP contribution in [0.25, 0.3) is 0 Å². The zero-order chi connectivity index (χ0) is 18.6. The van der Waals surface area contributed by atoms with Gasteiger partial charge in [0.15, 0.2) is 17.6 Å². The lowest BCUT2D eigenvalue weighted by Crippen LogP contribution is -2.52. The standard InChI is InChI=1S/C17H19FN2O6/c1-2-17-12(24-16(26-17)6-3-4-7-16)15(9-18,10-21)25-13(17)20-8-5-11(22)19-14(20)23/h1,5,8,12-13,21H,3-4,6-7,9-10H2,(H,19,22,23)/t12-,13-,15-,17-/m1/s1. The predicted molar refractivity (Wildman–Crippen MR) is 86.0 cm³/mol. The summed E-state index contributed by atoms with van der Waals surface area (Å²) in [6.45, 7) is -1.78. The van der Waals surface area contributed by atoms with Gasteiger partial charge in [-0.2, -0.15) is 0 Å². The molecule has 1 aromatic heterocycles. The zero-order valence-electron chi connectivity index (χ0n) is 13.9. The lowest BCUT2D eigenvalue weighted by atomic mass is 9.87. The average Bonchev–Trinajstić information content (AvgIpc) is 3.29. The number of rotatable bonds is 3. The number of aliphatic hydroxyl groups excluding tert-OH is 1. The number of aromatic amines is 1. The van der Waals surface area contributed by atoms with Crippen molar-refractivity contribution in [2.45, 2.75) is 55.0 Å². The summed E-state index contributed by atoms with van der Waals surface area (Å²) in [5.74, 6) is 1.52. The van der Waals surface area contributed by atoms with Crippen LogP contribution in [0.2, 0.25) is 0 Å². The number of fused-ring (bicyclic) bond motifs is 1. The molecule has 2 aliphatic heterocycles. The number of H-pyrrole nitrogens is 1. The first kappa shape index (κ1) is 17.4. The molecule has 4 rings (SSSR count). The van der Waals surface area contributed by atoms with Gasteiger partial charge in [-0.05, 0) is 12.8 Å². The third-order valence-corrected chi connectivity index (χ3v) is 5.46. The van der Waals surface area contributed by atoms with Crippen molar-refractivity contribution in [3.63, 3.8) is 0 Å². The van der Waals surface area contributed by atoms with Crippen LogP contribution in [0, 0.1) is 12.3 Å². The maximum Gasteiger partial charge on any atom is 0.330 e. The summed E-state index contributed by atoms with van der Waals surface area (Å²) in [5.41, 5.74) is -4.75. The van der Waals surface area contributed by atoms with E-state index in [2.05, 4.69) is 10.9 Å². The van der Waals surface area contributed by atoms with Gasteiger partial charge in [-0.3, -0.25) is 14.3 Å². The molecular formula is C17H19FN2O6. The van der Waals surface area contributed by atoms with Gasteiger partial charge in [0.1, 0.15) is 12.8 Å². The molecular weight excluding hydrogens is 347 g/mol. The maximum absolute atomic E-state index is 14.0. The van der Waals surface area contributed by atoms with Crippen LogP contribution in [-0.4, -0.2) is 51.0 Å². The van der Waals surface area contributed by atoms with Crippen LogP contribution in [0.1, 0.15) is 31.9 Å². The number of ether oxygens (including phenoxy) is 3. The molecule has 1 aliphatic carbocycles. The number of halogens is 1. The molecule has 0 aromatic carbocycles. The van der Waals surface area contributed by atoms with Gasteiger partial charge in [-0.1, -0.05) is 5.92 Å². The van der Waals surface area contributed by atoms with Crippen LogP contribution < -0.4 is 11.2 Å². The first-order valence-electron chi connectivity index (χ1n) is 8.46. The van der Waals surface area contributed by atoms with Crippen LogP contribution in [0.5, 0.6) is 0 Å². The van der Waals surface area contributed by atoms with Crippen molar-refractivity contribution >= 4 is 0 Å². The van der Waals surface area contributed by atoms with Gasteiger partial charge in [0.05, 0.1) is 6.61 Å². The first-order chi connectivity index (χ1) is 12.4. The van der Waals surface area contributed by atoms with Crippen LogP contribution in [0.4, 0.5) is 4.39 Å². The molecule has 0 unspecified atom stereocenters. The molecule has 3 fully saturated rings. The largest absolute Gasteiger partial charge is 0.393 e. The minimum Gasteiger partial charge on any atom is -0.393 e. The van der Waals surface area contributed by atoms with Gasteiger partial charge in [0.25, 0.3) is 5.56 Å². The Balaban J connectivity index is 1.88. The molecule has 4 atom stereocenters. The smallest absolute Gasteiger partial charge is 0.330 e. The molecule has 26 heavy (non-hydrogen) atoms. The van der Waals surface area contributed by atoms with Gasteiger partial charge in [0.2, 0.25) is 5.60 Å². The van der Waals surface area contributed by atoms with Crippen molar-refractivity contribution in [2.24, 2.45) is 0 Å². The zero-order valence-corrected chi connectivity index (χ0v) is 13.9. The Morgan fingerprint density at radius 2 is 2.12 bits per heavy atom. The lowest BCUT2D eigenvalue weighted by molar-refractivity contribution is -0.248. The predicted octanol–water partition coefficient (Wildman–Crippen LogP) is -0.176. The van der Waals surface area contributed by atoms with Gasteiger partial charge in [-0.15, -0.1) is 6.42 Å². The number of hydrogen-bond donors (Lipinski definition) is 2. The Bertz CT molecular complexity index is 863. The molecule has 3 heterocycles. The Labute approximate surface area is 147 Å². The molecule has 8 nitrogen and oxygen atoms in total. The molecule has 1 saturated carbocycles. The van der Waals surface area contributed by atoms with Crippen LogP contribution in [-0.2, 0) is 14.2 Å². The van der Waals surface area contributed by atoms with Crippen LogP contribution >= 0.6 is 0 Å². The normalized spacial score (nSPS) is 37.7. The Hall–Kier alpha value is -1.99. The van der Waals surface area contributed by atoms with Crippen molar-refractivity contribution in [1.29, 1.82) is 0 Å². The topological polar surface area (TPSA) is 103 Å². The van der Waals surface area contributed by atoms with E-state index < -0.39 is 53.9 Å². The lowest BCUT2D eigenvalue weighted by Gasteiger charge is -2.32. The second-order valence-electron chi connectivity index (χ2n) is 7.00. The van der Waals surface area contributed by atoms with Crippen molar-refractivity contribution in [1.82, 2.24) is 9.55 Å². The van der Waals surface area contributed by atoms with E-state index in [0.29, 0.717) is 12.8 Å². The minimum absolute atomic E-state index is 0.577. The number of nitrogens with one attached hydrogen (secondary N) is 1. The molecule has 1 spiro atoms. The van der Waals surface area contributed by atoms with E-state index in [4.69, 9.17) is 20.6 Å². The summed E-state index contributed by atoms with van der Waals surface area (Å²) in [6, 6.07) is 1.12. The van der Waals surface area contributed by atoms with E-state index in [1.807, 2.05) is 0 Å². The van der Waals surface area contributed by atoms with E-state index in [9.17, 15) is 19.1 Å².